The number of esters is 1. The van der Waals surface area contributed by atoms with E-state index in [-0.39, 0.29) is 11.9 Å². The first-order valence-electron chi connectivity index (χ1n) is 5.27. The molecule has 1 N–H and O–H groups in total. The third-order valence-corrected chi connectivity index (χ3v) is 2.62. The molecule has 15 heavy (non-hydrogen) atoms. The van der Waals surface area contributed by atoms with Crippen LogP contribution in [0.25, 0.3) is 0 Å². The number of carbonyl (C=O) groups excluding carboxylic acids is 1. The number of hydrogen-bond donors (Lipinski definition) is 1. The molecule has 3 nitrogen and oxygen atoms in total. The summed E-state index contributed by atoms with van der Waals surface area (Å²) in [5.74, 6) is -0.0300. The van der Waals surface area contributed by atoms with E-state index in [9.17, 15) is 4.79 Å². The molecule has 2 rings (SSSR count). The summed E-state index contributed by atoms with van der Waals surface area (Å²) in [4.78, 5) is 11.6. The first-order chi connectivity index (χ1) is 7.36. The normalized spacial score (nSPS) is 20.1. The van der Waals surface area contributed by atoms with Crippen molar-refractivity contribution in [3.05, 3.63) is 35.9 Å². The summed E-state index contributed by atoms with van der Waals surface area (Å²) in [5.41, 5.74) is 1.04. The SMILES string of the molecule is O=C(OCc1ccccc1)C1CCNC1. The van der Waals surface area contributed by atoms with Crippen LogP contribution in [0, 0.1) is 5.92 Å². The van der Waals surface area contributed by atoms with Gasteiger partial charge in [0.25, 0.3) is 0 Å². The zero-order valence-electron chi connectivity index (χ0n) is 8.61. The van der Waals surface area contributed by atoms with Crippen LogP contribution in [0.4, 0.5) is 0 Å². The zero-order chi connectivity index (χ0) is 10.5. The Balaban J connectivity index is 1.80. The second-order valence-electron chi connectivity index (χ2n) is 3.78. The molecule has 1 atom stereocenters. The lowest BCUT2D eigenvalue weighted by molar-refractivity contribution is -0.149. The third-order valence-electron chi connectivity index (χ3n) is 2.62. The third kappa shape index (κ3) is 2.80. The lowest BCUT2D eigenvalue weighted by atomic mass is 10.1. The molecule has 1 aliphatic heterocycles. The molecule has 1 saturated heterocycles. The van der Waals surface area contributed by atoms with Crippen LogP contribution in [0.3, 0.4) is 0 Å². The van der Waals surface area contributed by atoms with Crippen LogP contribution in [0.1, 0.15) is 12.0 Å². The highest BCUT2D eigenvalue weighted by Crippen LogP contribution is 2.11. The van der Waals surface area contributed by atoms with E-state index < -0.39 is 0 Å². The monoisotopic (exact) mass is 205 g/mol. The van der Waals surface area contributed by atoms with Crippen LogP contribution >= 0.6 is 0 Å². The highest BCUT2D eigenvalue weighted by molar-refractivity contribution is 5.73. The molecule has 3 heteroatoms. The minimum absolute atomic E-state index is 0.0497. The van der Waals surface area contributed by atoms with E-state index in [1.54, 1.807) is 0 Å². The highest BCUT2D eigenvalue weighted by atomic mass is 16.5. The van der Waals surface area contributed by atoms with Gasteiger partial charge >= 0.3 is 5.97 Å². The first kappa shape index (κ1) is 10.2. The highest BCUT2D eigenvalue weighted by Gasteiger charge is 2.23. The van der Waals surface area contributed by atoms with Crippen LogP contribution in [-0.2, 0) is 16.1 Å². The largest absolute Gasteiger partial charge is 0.461 e. The molecule has 1 aromatic carbocycles. The van der Waals surface area contributed by atoms with Crippen LogP contribution in [0.5, 0.6) is 0 Å². The molecular formula is C12H15NO2. The summed E-state index contributed by atoms with van der Waals surface area (Å²) in [6.07, 6.45) is 0.896. The molecule has 0 spiro atoms. The number of ether oxygens (including phenoxy) is 1. The molecule has 80 valence electrons. The van der Waals surface area contributed by atoms with Gasteiger partial charge in [0, 0.05) is 6.54 Å². The number of rotatable bonds is 3. The Labute approximate surface area is 89.4 Å². The molecule has 0 amide bonds. The van der Waals surface area contributed by atoms with Crippen molar-refractivity contribution < 1.29 is 9.53 Å². The minimum Gasteiger partial charge on any atom is -0.461 e. The Morgan fingerprint density at radius 3 is 2.87 bits per heavy atom. The number of hydrogen-bond acceptors (Lipinski definition) is 3. The van der Waals surface area contributed by atoms with Crippen LogP contribution in [0.15, 0.2) is 30.3 Å². The maximum absolute atomic E-state index is 11.6. The fourth-order valence-corrected chi connectivity index (χ4v) is 1.70. The van der Waals surface area contributed by atoms with E-state index in [0.29, 0.717) is 6.61 Å². The number of benzene rings is 1. The smallest absolute Gasteiger partial charge is 0.310 e. The summed E-state index contributed by atoms with van der Waals surface area (Å²) in [6, 6.07) is 9.76. The average Bonchev–Trinajstić information content (AvgIpc) is 2.81. The summed E-state index contributed by atoms with van der Waals surface area (Å²) >= 11 is 0. The van der Waals surface area contributed by atoms with E-state index in [0.717, 1.165) is 25.1 Å². The van der Waals surface area contributed by atoms with E-state index in [2.05, 4.69) is 5.32 Å². The van der Waals surface area contributed by atoms with Gasteiger partial charge in [-0.15, -0.1) is 0 Å². The van der Waals surface area contributed by atoms with Crippen molar-refractivity contribution in [1.82, 2.24) is 5.32 Å². The van der Waals surface area contributed by atoms with Crippen LogP contribution < -0.4 is 5.32 Å². The summed E-state index contributed by atoms with van der Waals surface area (Å²) in [5, 5.41) is 3.15. The molecule has 1 aliphatic rings. The second-order valence-corrected chi connectivity index (χ2v) is 3.78. The van der Waals surface area contributed by atoms with Crippen molar-refractivity contribution >= 4 is 5.97 Å². The molecule has 0 saturated carbocycles. The van der Waals surface area contributed by atoms with Gasteiger partial charge in [0.1, 0.15) is 6.61 Å². The van der Waals surface area contributed by atoms with E-state index in [1.807, 2.05) is 30.3 Å². The predicted molar refractivity (Wildman–Crippen MR) is 57.2 cm³/mol. The van der Waals surface area contributed by atoms with Crippen molar-refractivity contribution in [2.24, 2.45) is 5.92 Å². The van der Waals surface area contributed by atoms with Gasteiger partial charge in [-0.25, -0.2) is 0 Å². The van der Waals surface area contributed by atoms with Gasteiger partial charge in [0.05, 0.1) is 5.92 Å². The molecular weight excluding hydrogens is 190 g/mol. The van der Waals surface area contributed by atoms with E-state index in [4.69, 9.17) is 4.74 Å². The molecule has 1 fully saturated rings. The Hall–Kier alpha value is -1.35. The van der Waals surface area contributed by atoms with Gasteiger partial charge < -0.3 is 10.1 Å². The van der Waals surface area contributed by atoms with Crippen molar-refractivity contribution in [2.45, 2.75) is 13.0 Å². The molecule has 0 radical (unpaired) electrons. The van der Waals surface area contributed by atoms with Crippen LogP contribution in [-0.4, -0.2) is 19.1 Å². The second kappa shape index (κ2) is 4.94. The Morgan fingerprint density at radius 1 is 1.40 bits per heavy atom. The first-order valence-corrected chi connectivity index (χ1v) is 5.27. The van der Waals surface area contributed by atoms with E-state index in [1.165, 1.54) is 0 Å². The lowest BCUT2D eigenvalue weighted by Gasteiger charge is -2.08. The van der Waals surface area contributed by atoms with Gasteiger partial charge in [0.2, 0.25) is 0 Å². The number of nitrogens with one attached hydrogen (secondary N) is 1. The van der Waals surface area contributed by atoms with Gasteiger partial charge in [-0.1, -0.05) is 30.3 Å². The van der Waals surface area contributed by atoms with Crippen molar-refractivity contribution in [3.8, 4) is 0 Å². The Morgan fingerprint density at radius 2 is 2.20 bits per heavy atom. The molecule has 0 aromatic heterocycles. The van der Waals surface area contributed by atoms with Gasteiger partial charge in [0.15, 0.2) is 0 Å². The topological polar surface area (TPSA) is 38.3 Å². The number of carbonyl (C=O) groups is 1. The maximum atomic E-state index is 11.6. The van der Waals surface area contributed by atoms with Gasteiger partial charge in [-0.3, -0.25) is 4.79 Å². The fraction of sp³-hybridized carbons (Fsp3) is 0.417. The molecule has 1 unspecified atom stereocenters. The summed E-state index contributed by atoms with van der Waals surface area (Å²) in [6.45, 7) is 2.06. The maximum Gasteiger partial charge on any atom is 0.310 e. The lowest BCUT2D eigenvalue weighted by Crippen LogP contribution is -2.20. The standard InChI is InChI=1S/C12H15NO2/c14-12(11-6-7-13-8-11)15-9-10-4-2-1-3-5-10/h1-5,11,13H,6-9H2. The van der Waals surface area contributed by atoms with Crippen molar-refractivity contribution in [2.75, 3.05) is 13.1 Å². The van der Waals surface area contributed by atoms with Gasteiger partial charge in [-0.05, 0) is 18.5 Å². The molecule has 1 aromatic rings. The summed E-state index contributed by atoms with van der Waals surface area (Å²) in [7, 11) is 0. The molecule has 0 aliphatic carbocycles. The minimum atomic E-state index is -0.0798. The molecule has 0 bridgehead atoms. The molecule has 1 heterocycles. The van der Waals surface area contributed by atoms with Gasteiger partial charge in [-0.2, -0.15) is 0 Å². The summed E-state index contributed by atoms with van der Waals surface area (Å²) < 4.78 is 5.23. The average molecular weight is 205 g/mol. The van der Waals surface area contributed by atoms with Crippen LogP contribution in [0.2, 0.25) is 0 Å². The Kier molecular flexibility index (Phi) is 3.35. The van der Waals surface area contributed by atoms with E-state index >= 15 is 0 Å². The fourth-order valence-electron chi connectivity index (χ4n) is 1.70. The van der Waals surface area contributed by atoms with Crippen molar-refractivity contribution in [3.63, 3.8) is 0 Å². The van der Waals surface area contributed by atoms with Crippen molar-refractivity contribution in [1.29, 1.82) is 0 Å². The Bertz CT molecular complexity index is 318. The zero-order valence-corrected chi connectivity index (χ0v) is 8.61. The quantitative estimate of drug-likeness (QED) is 0.757. The predicted octanol–water partition coefficient (Wildman–Crippen LogP) is 1.34.